The number of nitrogens with one attached hydrogen (secondary N) is 3. The summed E-state index contributed by atoms with van der Waals surface area (Å²) < 4.78 is 1.52. The molecule has 24 heavy (non-hydrogen) atoms. The zero-order chi connectivity index (χ0) is 17.4. The number of carbonyl (C=O) groups excluding carboxylic acids is 1. The van der Waals surface area contributed by atoms with Crippen molar-refractivity contribution < 1.29 is 4.79 Å². The lowest BCUT2D eigenvalue weighted by Gasteiger charge is -2.35. The molecule has 3 heterocycles. The molecule has 2 amide bonds. The number of rotatable bonds is 2. The topological polar surface area (TPSA) is 112 Å². The molecule has 9 nitrogen and oxygen atoms in total. The molecule has 0 spiro atoms. The number of carbonyl (C=O) groups is 1. The van der Waals surface area contributed by atoms with Crippen LogP contribution in [0, 0.1) is 19.8 Å². The van der Waals surface area contributed by atoms with E-state index in [4.69, 9.17) is 0 Å². The van der Waals surface area contributed by atoms with E-state index in [0.717, 1.165) is 23.5 Å². The fraction of sp³-hybridized carbons (Fsp3) is 0.600. The van der Waals surface area contributed by atoms with Crippen LogP contribution in [0.5, 0.6) is 0 Å². The van der Waals surface area contributed by atoms with Gasteiger partial charge in [-0.1, -0.05) is 6.92 Å². The maximum atomic E-state index is 12.7. The van der Waals surface area contributed by atoms with Gasteiger partial charge in [-0.25, -0.2) is 14.7 Å². The van der Waals surface area contributed by atoms with Crippen molar-refractivity contribution in [3.8, 4) is 0 Å². The Balaban J connectivity index is 1.77. The molecule has 2 unspecified atom stereocenters. The van der Waals surface area contributed by atoms with Crippen LogP contribution in [0.15, 0.2) is 4.79 Å². The minimum Gasteiger partial charge on any atom is -0.324 e. The number of nitrogens with zero attached hydrogens (tertiary/aromatic N) is 4. The molecule has 2 aromatic rings. The molecule has 0 bridgehead atoms. The average Bonchev–Trinajstić information content (AvgIpc) is 3.03. The molecular formula is C15H23N7O2. The van der Waals surface area contributed by atoms with Gasteiger partial charge in [0.1, 0.15) is 5.82 Å². The lowest BCUT2D eigenvalue weighted by atomic mass is 9.90. The number of piperidine rings is 1. The van der Waals surface area contributed by atoms with E-state index in [-0.39, 0.29) is 17.6 Å². The molecule has 3 rings (SSSR count). The highest BCUT2D eigenvalue weighted by Gasteiger charge is 2.32. The Kier molecular flexibility index (Phi) is 4.16. The molecule has 1 saturated heterocycles. The molecule has 1 aliphatic rings. The van der Waals surface area contributed by atoms with Crippen LogP contribution in [-0.2, 0) is 7.05 Å². The molecule has 3 N–H and O–H groups in total. The Bertz CT molecular complexity index is 784. The van der Waals surface area contributed by atoms with Crippen LogP contribution < -0.4 is 11.0 Å². The van der Waals surface area contributed by atoms with Crippen LogP contribution in [0.25, 0.3) is 0 Å². The van der Waals surface area contributed by atoms with Crippen molar-refractivity contribution in [2.75, 3.05) is 18.4 Å². The fourth-order valence-corrected chi connectivity index (χ4v) is 3.35. The number of hydrogen-bond donors (Lipinski definition) is 3. The van der Waals surface area contributed by atoms with E-state index in [0.29, 0.717) is 24.8 Å². The Hall–Kier alpha value is -2.58. The number of hydrogen-bond acceptors (Lipinski definition) is 4. The number of likely N-dealkylation sites (tertiary alicyclic amines) is 1. The maximum Gasteiger partial charge on any atom is 0.343 e. The van der Waals surface area contributed by atoms with Crippen molar-refractivity contribution in [1.82, 2.24) is 29.9 Å². The molecule has 1 aliphatic heterocycles. The number of urea groups is 1. The predicted molar refractivity (Wildman–Crippen MR) is 89.0 cm³/mol. The molecule has 9 heteroatoms. The van der Waals surface area contributed by atoms with Gasteiger partial charge in [-0.05, 0) is 26.2 Å². The maximum absolute atomic E-state index is 12.7. The van der Waals surface area contributed by atoms with E-state index >= 15 is 0 Å². The van der Waals surface area contributed by atoms with Gasteiger partial charge in [-0.3, -0.25) is 9.67 Å². The summed E-state index contributed by atoms with van der Waals surface area (Å²) in [5.41, 5.74) is 2.08. The Morgan fingerprint density at radius 3 is 2.58 bits per heavy atom. The highest BCUT2D eigenvalue weighted by atomic mass is 16.2. The van der Waals surface area contributed by atoms with Gasteiger partial charge in [-0.2, -0.15) is 10.2 Å². The van der Waals surface area contributed by atoms with E-state index in [1.165, 1.54) is 4.57 Å². The summed E-state index contributed by atoms with van der Waals surface area (Å²) >= 11 is 0. The third kappa shape index (κ3) is 2.93. The monoisotopic (exact) mass is 333 g/mol. The minimum absolute atomic E-state index is 0.0370. The van der Waals surface area contributed by atoms with Crippen LogP contribution in [0.2, 0.25) is 0 Å². The Labute approximate surface area is 139 Å². The SMILES string of the molecule is Cc1n[nH]c(C)c1NC(=O)N1CC(C)CC(c2n[nH]c(=O)n2C)C1. The van der Waals surface area contributed by atoms with E-state index in [1.54, 1.807) is 11.9 Å². The second-order valence-electron chi connectivity index (χ2n) is 6.63. The molecule has 2 atom stereocenters. The van der Waals surface area contributed by atoms with Crippen LogP contribution >= 0.6 is 0 Å². The summed E-state index contributed by atoms with van der Waals surface area (Å²) in [6, 6.07) is -0.153. The fourth-order valence-electron chi connectivity index (χ4n) is 3.35. The first-order valence-corrected chi connectivity index (χ1v) is 8.05. The normalized spacial score (nSPS) is 21.1. The Morgan fingerprint density at radius 2 is 2.00 bits per heavy atom. The first-order chi connectivity index (χ1) is 11.4. The van der Waals surface area contributed by atoms with E-state index < -0.39 is 0 Å². The molecule has 0 radical (unpaired) electrons. The van der Waals surface area contributed by atoms with Gasteiger partial charge in [0.15, 0.2) is 0 Å². The summed E-state index contributed by atoms with van der Waals surface area (Å²) in [6.07, 6.45) is 0.895. The largest absolute Gasteiger partial charge is 0.343 e. The third-order valence-electron chi connectivity index (χ3n) is 4.59. The second-order valence-corrected chi connectivity index (χ2v) is 6.63. The molecule has 2 aromatic heterocycles. The lowest BCUT2D eigenvalue weighted by molar-refractivity contribution is 0.168. The summed E-state index contributed by atoms with van der Waals surface area (Å²) in [6.45, 7) is 7.03. The van der Waals surface area contributed by atoms with Gasteiger partial charge in [-0.15, -0.1) is 0 Å². The van der Waals surface area contributed by atoms with Crippen molar-refractivity contribution in [3.63, 3.8) is 0 Å². The summed E-state index contributed by atoms with van der Waals surface area (Å²) in [4.78, 5) is 26.0. The zero-order valence-electron chi connectivity index (χ0n) is 14.4. The van der Waals surface area contributed by atoms with Gasteiger partial charge in [0.2, 0.25) is 0 Å². The van der Waals surface area contributed by atoms with Crippen molar-refractivity contribution in [2.45, 2.75) is 33.1 Å². The highest BCUT2D eigenvalue weighted by Crippen LogP contribution is 2.29. The lowest BCUT2D eigenvalue weighted by Crippen LogP contribution is -2.45. The zero-order valence-corrected chi connectivity index (χ0v) is 14.4. The van der Waals surface area contributed by atoms with Gasteiger partial charge >= 0.3 is 11.7 Å². The molecule has 0 aromatic carbocycles. The molecule has 0 aliphatic carbocycles. The number of amides is 2. The molecule has 130 valence electrons. The minimum atomic E-state index is -0.233. The van der Waals surface area contributed by atoms with Gasteiger partial charge < -0.3 is 10.2 Å². The van der Waals surface area contributed by atoms with Crippen LogP contribution in [0.1, 0.15) is 36.5 Å². The van der Waals surface area contributed by atoms with Crippen LogP contribution in [0.4, 0.5) is 10.5 Å². The molecule has 0 saturated carbocycles. The van der Waals surface area contributed by atoms with E-state index in [2.05, 4.69) is 32.6 Å². The van der Waals surface area contributed by atoms with Gasteiger partial charge in [0, 0.05) is 26.1 Å². The van der Waals surface area contributed by atoms with Crippen molar-refractivity contribution in [2.24, 2.45) is 13.0 Å². The standard InChI is InChI=1S/C15H23N7O2/c1-8-5-11(13-19-20-15(24)21(13)4)7-22(6-8)14(23)16-12-9(2)17-18-10(12)3/h8,11H,5-7H2,1-4H3,(H,16,23)(H,17,18)(H,20,24). The van der Waals surface area contributed by atoms with Gasteiger partial charge in [0.25, 0.3) is 0 Å². The summed E-state index contributed by atoms with van der Waals surface area (Å²) in [5, 5.41) is 16.5. The third-order valence-corrected chi connectivity index (χ3v) is 4.59. The first kappa shape index (κ1) is 16.3. The highest BCUT2D eigenvalue weighted by molar-refractivity contribution is 5.90. The van der Waals surface area contributed by atoms with E-state index in [9.17, 15) is 9.59 Å². The summed E-state index contributed by atoms with van der Waals surface area (Å²) in [7, 11) is 1.70. The number of anilines is 1. The van der Waals surface area contributed by atoms with Crippen LogP contribution in [-0.4, -0.2) is 49.0 Å². The second kappa shape index (κ2) is 6.14. The van der Waals surface area contributed by atoms with Crippen LogP contribution in [0.3, 0.4) is 0 Å². The summed E-state index contributed by atoms with van der Waals surface area (Å²) in [5.74, 6) is 1.06. The quantitative estimate of drug-likeness (QED) is 0.764. The number of aryl methyl sites for hydroxylation is 2. The van der Waals surface area contributed by atoms with Crippen molar-refractivity contribution in [3.05, 3.63) is 27.7 Å². The molecular weight excluding hydrogens is 310 g/mol. The van der Waals surface area contributed by atoms with Gasteiger partial charge in [0.05, 0.1) is 17.1 Å². The molecule has 1 fully saturated rings. The number of aromatic amines is 2. The smallest absolute Gasteiger partial charge is 0.324 e. The number of H-pyrrole nitrogens is 2. The predicted octanol–water partition coefficient (Wildman–Crippen LogP) is 1.11. The Morgan fingerprint density at radius 1 is 1.25 bits per heavy atom. The van der Waals surface area contributed by atoms with Crippen molar-refractivity contribution >= 4 is 11.7 Å². The van der Waals surface area contributed by atoms with Crippen molar-refractivity contribution in [1.29, 1.82) is 0 Å². The van der Waals surface area contributed by atoms with E-state index in [1.807, 2.05) is 13.8 Å². The average molecular weight is 333 g/mol. The number of aromatic nitrogens is 5. The first-order valence-electron chi connectivity index (χ1n) is 8.05.